The first kappa shape index (κ1) is 12.7. The lowest BCUT2D eigenvalue weighted by Crippen LogP contribution is -2.14. The highest BCUT2D eigenvalue weighted by atomic mass is 79.9. The predicted octanol–water partition coefficient (Wildman–Crippen LogP) is 2.95. The number of aliphatic hydroxyl groups is 1. The zero-order valence-electron chi connectivity index (χ0n) is 9.20. The summed E-state index contributed by atoms with van der Waals surface area (Å²) in [5.74, 6) is 0.541. The average molecular weight is 272 g/mol. The summed E-state index contributed by atoms with van der Waals surface area (Å²) in [5.41, 5.74) is 8.02. The Kier molecular flexibility index (Phi) is 4.77. The van der Waals surface area contributed by atoms with Gasteiger partial charge in [-0.3, -0.25) is 0 Å². The summed E-state index contributed by atoms with van der Waals surface area (Å²) in [6.45, 7) is 4.35. The molecular formula is C12H18BrNO. The number of rotatable bonds is 4. The lowest BCUT2D eigenvalue weighted by atomic mass is 9.96. The van der Waals surface area contributed by atoms with E-state index in [2.05, 4.69) is 35.8 Å². The van der Waals surface area contributed by atoms with Gasteiger partial charge in [-0.15, -0.1) is 0 Å². The molecule has 0 radical (unpaired) electrons. The molecule has 0 fully saturated rings. The zero-order chi connectivity index (χ0) is 11.4. The SMILES string of the molecule is CCC(C)c1ccc(C(N)CO)cc1Br. The lowest BCUT2D eigenvalue weighted by Gasteiger charge is -2.15. The van der Waals surface area contributed by atoms with Crippen molar-refractivity contribution in [2.75, 3.05) is 6.61 Å². The molecule has 0 aliphatic carbocycles. The fourth-order valence-electron chi connectivity index (χ4n) is 1.50. The fourth-order valence-corrected chi connectivity index (χ4v) is 2.29. The van der Waals surface area contributed by atoms with Gasteiger partial charge < -0.3 is 10.8 Å². The maximum atomic E-state index is 8.96. The number of nitrogens with two attached hydrogens (primary N) is 1. The molecule has 0 bridgehead atoms. The molecule has 1 aromatic carbocycles. The van der Waals surface area contributed by atoms with Crippen molar-refractivity contribution in [1.29, 1.82) is 0 Å². The Labute approximate surface area is 99.6 Å². The van der Waals surface area contributed by atoms with Crippen LogP contribution in [0.25, 0.3) is 0 Å². The minimum Gasteiger partial charge on any atom is -0.394 e. The van der Waals surface area contributed by atoms with Crippen LogP contribution in [0.1, 0.15) is 43.4 Å². The number of aliphatic hydroxyl groups excluding tert-OH is 1. The lowest BCUT2D eigenvalue weighted by molar-refractivity contribution is 0.268. The number of benzene rings is 1. The Balaban J connectivity index is 2.97. The fraction of sp³-hybridized carbons (Fsp3) is 0.500. The van der Waals surface area contributed by atoms with E-state index in [1.807, 2.05) is 12.1 Å². The average Bonchev–Trinajstić information content (AvgIpc) is 2.26. The van der Waals surface area contributed by atoms with E-state index in [0.29, 0.717) is 5.92 Å². The normalized spacial score (nSPS) is 15.0. The van der Waals surface area contributed by atoms with Gasteiger partial charge in [0.2, 0.25) is 0 Å². The van der Waals surface area contributed by atoms with Crippen LogP contribution in [0.15, 0.2) is 22.7 Å². The Morgan fingerprint density at radius 3 is 2.60 bits per heavy atom. The van der Waals surface area contributed by atoms with Gasteiger partial charge in [0.05, 0.1) is 12.6 Å². The van der Waals surface area contributed by atoms with Crippen molar-refractivity contribution in [2.45, 2.75) is 32.2 Å². The van der Waals surface area contributed by atoms with Gasteiger partial charge in [0.15, 0.2) is 0 Å². The minimum atomic E-state index is -0.285. The van der Waals surface area contributed by atoms with Crippen LogP contribution in [0.3, 0.4) is 0 Å². The molecule has 0 spiro atoms. The van der Waals surface area contributed by atoms with Crippen LogP contribution in [-0.4, -0.2) is 11.7 Å². The van der Waals surface area contributed by atoms with Crippen LogP contribution < -0.4 is 5.73 Å². The van der Waals surface area contributed by atoms with Crippen LogP contribution in [-0.2, 0) is 0 Å². The first-order chi connectivity index (χ1) is 7.10. The summed E-state index contributed by atoms with van der Waals surface area (Å²) in [5, 5.41) is 8.96. The second kappa shape index (κ2) is 5.64. The smallest absolute Gasteiger partial charge is 0.0624 e. The molecule has 0 saturated carbocycles. The van der Waals surface area contributed by atoms with Gasteiger partial charge in [-0.1, -0.05) is 41.9 Å². The summed E-state index contributed by atoms with van der Waals surface area (Å²) in [6.07, 6.45) is 1.12. The monoisotopic (exact) mass is 271 g/mol. The van der Waals surface area contributed by atoms with Crippen molar-refractivity contribution in [3.8, 4) is 0 Å². The van der Waals surface area contributed by atoms with Crippen LogP contribution in [0, 0.1) is 0 Å². The molecule has 3 N–H and O–H groups in total. The molecule has 0 saturated heterocycles. The number of halogens is 1. The number of hydrogen-bond donors (Lipinski definition) is 2. The van der Waals surface area contributed by atoms with Crippen molar-refractivity contribution in [1.82, 2.24) is 0 Å². The van der Waals surface area contributed by atoms with Crippen LogP contribution in [0.5, 0.6) is 0 Å². The first-order valence-electron chi connectivity index (χ1n) is 5.25. The van der Waals surface area contributed by atoms with Crippen LogP contribution in [0.2, 0.25) is 0 Å². The van der Waals surface area contributed by atoms with Crippen molar-refractivity contribution in [3.63, 3.8) is 0 Å². The molecule has 3 heteroatoms. The highest BCUT2D eigenvalue weighted by molar-refractivity contribution is 9.10. The standard InChI is InChI=1S/C12H18BrNO/c1-3-8(2)10-5-4-9(6-11(10)13)12(14)7-15/h4-6,8,12,15H,3,7,14H2,1-2H3. The molecule has 84 valence electrons. The van der Waals surface area contributed by atoms with Crippen LogP contribution in [0.4, 0.5) is 0 Å². The Bertz CT molecular complexity index is 327. The highest BCUT2D eigenvalue weighted by Gasteiger charge is 2.10. The molecule has 0 amide bonds. The van der Waals surface area contributed by atoms with Gasteiger partial charge in [-0.2, -0.15) is 0 Å². The largest absolute Gasteiger partial charge is 0.394 e. The summed E-state index contributed by atoms with van der Waals surface area (Å²) in [7, 11) is 0. The van der Waals surface area contributed by atoms with E-state index in [-0.39, 0.29) is 12.6 Å². The van der Waals surface area contributed by atoms with E-state index in [9.17, 15) is 0 Å². The third-order valence-corrected chi connectivity index (χ3v) is 3.48. The third kappa shape index (κ3) is 3.03. The topological polar surface area (TPSA) is 46.2 Å². The second-order valence-corrected chi connectivity index (χ2v) is 4.73. The van der Waals surface area contributed by atoms with E-state index in [4.69, 9.17) is 10.8 Å². The van der Waals surface area contributed by atoms with Crippen molar-refractivity contribution in [2.24, 2.45) is 5.73 Å². The van der Waals surface area contributed by atoms with Gasteiger partial charge in [-0.05, 0) is 29.5 Å². The summed E-state index contributed by atoms with van der Waals surface area (Å²) in [4.78, 5) is 0. The van der Waals surface area contributed by atoms with Crippen LogP contribution >= 0.6 is 15.9 Å². The molecule has 0 aliphatic rings. The van der Waals surface area contributed by atoms with Crippen molar-refractivity contribution >= 4 is 15.9 Å². The van der Waals surface area contributed by atoms with E-state index < -0.39 is 0 Å². The van der Waals surface area contributed by atoms with Gasteiger partial charge >= 0.3 is 0 Å². The maximum Gasteiger partial charge on any atom is 0.0624 e. The van der Waals surface area contributed by atoms with Gasteiger partial charge in [0, 0.05) is 4.47 Å². The Hall–Kier alpha value is -0.380. The van der Waals surface area contributed by atoms with Gasteiger partial charge in [-0.25, -0.2) is 0 Å². The van der Waals surface area contributed by atoms with Gasteiger partial charge in [0.25, 0.3) is 0 Å². The quantitative estimate of drug-likeness (QED) is 0.885. The molecule has 0 aromatic heterocycles. The maximum absolute atomic E-state index is 8.96. The molecule has 2 nitrogen and oxygen atoms in total. The first-order valence-corrected chi connectivity index (χ1v) is 6.05. The molecule has 2 atom stereocenters. The minimum absolute atomic E-state index is 0.0187. The summed E-state index contributed by atoms with van der Waals surface area (Å²) >= 11 is 3.55. The highest BCUT2D eigenvalue weighted by Crippen LogP contribution is 2.29. The molecular weight excluding hydrogens is 254 g/mol. The second-order valence-electron chi connectivity index (χ2n) is 3.88. The van der Waals surface area contributed by atoms with E-state index in [0.717, 1.165) is 16.5 Å². The Morgan fingerprint density at radius 1 is 1.47 bits per heavy atom. The summed E-state index contributed by atoms with van der Waals surface area (Å²) < 4.78 is 1.08. The van der Waals surface area contributed by atoms with Gasteiger partial charge in [0.1, 0.15) is 0 Å². The molecule has 1 rings (SSSR count). The summed E-state index contributed by atoms with van der Waals surface area (Å²) in [6, 6.07) is 5.80. The third-order valence-electron chi connectivity index (χ3n) is 2.79. The number of hydrogen-bond acceptors (Lipinski definition) is 2. The molecule has 1 aromatic rings. The zero-order valence-corrected chi connectivity index (χ0v) is 10.8. The van der Waals surface area contributed by atoms with E-state index >= 15 is 0 Å². The molecule has 15 heavy (non-hydrogen) atoms. The van der Waals surface area contributed by atoms with Crippen molar-refractivity contribution in [3.05, 3.63) is 33.8 Å². The molecule has 0 aliphatic heterocycles. The molecule has 2 unspecified atom stereocenters. The Morgan fingerprint density at radius 2 is 2.13 bits per heavy atom. The van der Waals surface area contributed by atoms with Crippen molar-refractivity contribution < 1.29 is 5.11 Å². The predicted molar refractivity (Wildman–Crippen MR) is 66.9 cm³/mol. The molecule has 0 heterocycles. The van der Waals surface area contributed by atoms with E-state index in [1.165, 1.54) is 5.56 Å². The van der Waals surface area contributed by atoms with E-state index in [1.54, 1.807) is 0 Å².